The standard InChI is InChI=1S/C9H14N2O/c1-6-7(2)11-9(10-6)8-3-4-12-5-8/h8H,3-5H2,1-2H3,(H,10,11). The summed E-state index contributed by atoms with van der Waals surface area (Å²) in [6, 6.07) is 0. The van der Waals surface area contributed by atoms with Gasteiger partial charge in [-0.3, -0.25) is 0 Å². The molecule has 0 radical (unpaired) electrons. The van der Waals surface area contributed by atoms with Crippen LogP contribution in [-0.2, 0) is 4.74 Å². The summed E-state index contributed by atoms with van der Waals surface area (Å²) < 4.78 is 5.30. The number of aromatic nitrogens is 2. The number of rotatable bonds is 1. The fraction of sp³-hybridized carbons (Fsp3) is 0.667. The lowest BCUT2D eigenvalue weighted by atomic mass is 10.1. The first-order chi connectivity index (χ1) is 5.77. The minimum atomic E-state index is 0.498. The van der Waals surface area contributed by atoms with Crippen LogP contribution in [0.4, 0.5) is 0 Å². The molecule has 66 valence electrons. The molecule has 0 amide bonds. The molecule has 12 heavy (non-hydrogen) atoms. The summed E-state index contributed by atoms with van der Waals surface area (Å²) in [5, 5.41) is 0. The van der Waals surface area contributed by atoms with Crippen molar-refractivity contribution in [2.75, 3.05) is 13.2 Å². The molecule has 3 heteroatoms. The fourth-order valence-corrected chi connectivity index (χ4v) is 1.52. The van der Waals surface area contributed by atoms with Crippen molar-refractivity contribution >= 4 is 0 Å². The second kappa shape index (κ2) is 2.90. The zero-order valence-electron chi connectivity index (χ0n) is 7.55. The largest absolute Gasteiger partial charge is 0.381 e. The molecule has 1 fully saturated rings. The average molecular weight is 166 g/mol. The van der Waals surface area contributed by atoms with Crippen molar-refractivity contribution in [1.82, 2.24) is 9.97 Å². The Morgan fingerprint density at radius 3 is 2.83 bits per heavy atom. The lowest BCUT2D eigenvalue weighted by Crippen LogP contribution is -1.99. The summed E-state index contributed by atoms with van der Waals surface area (Å²) in [5.41, 5.74) is 2.29. The molecule has 2 heterocycles. The van der Waals surface area contributed by atoms with Gasteiger partial charge in [0.25, 0.3) is 0 Å². The van der Waals surface area contributed by atoms with E-state index in [1.165, 1.54) is 5.69 Å². The SMILES string of the molecule is Cc1nc(C2CCOC2)[nH]c1C. The highest BCUT2D eigenvalue weighted by atomic mass is 16.5. The number of aryl methyl sites for hydroxylation is 2. The van der Waals surface area contributed by atoms with Crippen LogP contribution >= 0.6 is 0 Å². The Kier molecular flexibility index (Phi) is 1.89. The second-order valence-electron chi connectivity index (χ2n) is 3.39. The zero-order valence-corrected chi connectivity index (χ0v) is 7.55. The molecule has 1 aromatic rings. The number of ether oxygens (including phenoxy) is 1. The highest BCUT2D eigenvalue weighted by molar-refractivity contribution is 5.13. The van der Waals surface area contributed by atoms with Crippen molar-refractivity contribution in [2.45, 2.75) is 26.2 Å². The zero-order chi connectivity index (χ0) is 8.55. The molecule has 1 aliphatic heterocycles. The molecule has 3 nitrogen and oxygen atoms in total. The minimum Gasteiger partial charge on any atom is -0.381 e. The maximum absolute atomic E-state index is 5.30. The molecule has 0 spiro atoms. The van der Waals surface area contributed by atoms with Crippen molar-refractivity contribution < 1.29 is 4.74 Å². The van der Waals surface area contributed by atoms with Crippen LogP contribution in [0.3, 0.4) is 0 Å². The Morgan fingerprint density at radius 2 is 2.33 bits per heavy atom. The van der Waals surface area contributed by atoms with Gasteiger partial charge in [0.15, 0.2) is 0 Å². The van der Waals surface area contributed by atoms with E-state index in [4.69, 9.17) is 4.74 Å². The summed E-state index contributed by atoms with van der Waals surface area (Å²) >= 11 is 0. The number of hydrogen-bond donors (Lipinski definition) is 1. The van der Waals surface area contributed by atoms with Gasteiger partial charge in [-0.15, -0.1) is 0 Å². The summed E-state index contributed by atoms with van der Waals surface area (Å²) in [4.78, 5) is 7.75. The molecule has 1 aliphatic rings. The van der Waals surface area contributed by atoms with Gasteiger partial charge in [0.05, 0.1) is 12.3 Å². The Labute approximate surface area is 72.2 Å². The van der Waals surface area contributed by atoms with E-state index in [9.17, 15) is 0 Å². The van der Waals surface area contributed by atoms with Crippen molar-refractivity contribution in [3.8, 4) is 0 Å². The monoisotopic (exact) mass is 166 g/mol. The maximum Gasteiger partial charge on any atom is 0.112 e. The minimum absolute atomic E-state index is 0.498. The molecule has 0 aromatic carbocycles. The van der Waals surface area contributed by atoms with Crippen molar-refractivity contribution in [3.63, 3.8) is 0 Å². The van der Waals surface area contributed by atoms with Crippen LogP contribution in [0.15, 0.2) is 0 Å². The molecule has 1 atom stereocenters. The highest BCUT2D eigenvalue weighted by Gasteiger charge is 2.20. The molecule has 0 aliphatic carbocycles. The van der Waals surface area contributed by atoms with Crippen LogP contribution in [0.25, 0.3) is 0 Å². The van der Waals surface area contributed by atoms with Crippen LogP contribution < -0.4 is 0 Å². The first kappa shape index (κ1) is 7.80. The first-order valence-corrected chi connectivity index (χ1v) is 4.38. The van der Waals surface area contributed by atoms with E-state index in [2.05, 4.69) is 16.9 Å². The van der Waals surface area contributed by atoms with Crippen molar-refractivity contribution in [1.29, 1.82) is 0 Å². The van der Waals surface area contributed by atoms with E-state index in [0.29, 0.717) is 5.92 Å². The van der Waals surface area contributed by atoms with E-state index >= 15 is 0 Å². The lowest BCUT2D eigenvalue weighted by molar-refractivity contribution is 0.193. The third-order valence-electron chi connectivity index (χ3n) is 2.46. The van der Waals surface area contributed by atoms with Gasteiger partial charge in [-0.05, 0) is 20.3 Å². The molecule has 1 unspecified atom stereocenters. The van der Waals surface area contributed by atoms with E-state index in [1.807, 2.05) is 6.92 Å². The number of imidazole rings is 1. The second-order valence-corrected chi connectivity index (χ2v) is 3.39. The lowest BCUT2D eigenvalue weighted by Gasteiger charge is -2.00. The molecule has 1 N–H and O–H groups in total. The number of nitrogens with one attached hydrogen (secondary N) is 1. The van der Waals surface area contributed by atoms with Gasteiger partial charge in [-0.25, -0.2) is 4.98 Å². The van der Waals surface area contributed by atoms with Crippen LogP contribution in [-0.4, -0.2) is 23.2 Å². The Balaban J connectivity index is 2.21. The molecule has 1 saturated heterocycles. The normalized spacial score (nSPS) is 23.3. The van der Waals surface area contributed by atoms with Gasteiger partial charge >= 0.3 is 0 Å². The predicted octanol–water partition coefficient (Wildman–Crippen LogP) is 1.53. The van der Waals surface area contributed by atoms with Crippen LogP contribution in [0, 0.1) is 13.8 Å². The number of aromatic amines is 1. The van der Waals surface area contributed by atoms with Gasteiger partial charge in [-0.2, -0.15) is 0 Å². The topological polar surface area (TPSA) is 37.9 Å². The summed E-state index contributed by atoms with van der Waals surface area (Å²) in [7, 11) is 0. The third kappa shape index (κ3) is 1.25. The van der Waals surface area contributed by atoms with Crippen LogP contribution in [0.2, 0.25) is 0 Å². The van der Waals surface area contributed by atoms with Crippen molar-refractivity contribution in [2.24, 2.45) is 0 Å². The smallest absolute Gasteiger partial charge is 0.112 e. The molecular formula is C9H14N2O. The van der Waals surface area contributed by atoms with Gasteiger partial charge in [0, 0.05) is 18.2 Å². The summed E-state index contributed by atoms with van der Waals surface area (Å²) in [5.74, 6) is 1.60. The summed E-state index contributed by atoms with van der Waals surface area (Å²) in [6.45, 7) is 5.79. The molecule has 2 rings (SSSR count). The molecule has 0 saturated carbocycles. The van der Waals surface area contributed by atoms with Gasteiger partial charge in [0.1, 0.15) is 5.82 Å². The number of H-pyrrole nitrogens is 1. The summed E-state index contributed by atoms with van der Waals surface area (Å²) in [6.07, 6.45) is 1.10. The number of hydrogen-bond acceptors (Lipinski definition) is 2. The van der Waals surface area contributed by atoms with Gasteiger partial charge in [0.2, 0.25) is 0 Å². The Bertz CT molecular complexity index is 255. The first-order valence-electron chi connectivity index (χ1n) is 4.38. The molecule has 0 bridgehead atoms. The highest BCUT2D eigenvalue weighted by Crippen LogP contribution is 2.23. The fourth-order valence-electron chi connectivity index (χ4n) is 1.52. The van der Waals surface area contributed by atoms with E-state index in [0.717, 1.165) is 31.2 Å². The van der Waals surface area contributed by atoms with E-state index in [1.54, 1.807) is 0 Å². The number of nitrogens with zero attached hydrogens (tertiary/aromatic N) is 1. The Morgan fingerprint density at radius 1 is 1.50 bits per heavy atom. The maximum atomic E-state index is 5.30. The van der Waals surface area contributed by atoms with Crippen molar-refractivity contribution in [3.05, 3.63) is 17.2 Å². The van der Waals surface area contributed by atoms with Gasteiger partial charge < -0.3 is 9.72 Å². The Hall–Kier alpha value is -0.830. The van der Waals surface area contributed by atoms with Gasteiger partial charge in [-0.1, -0.05) is 0 Å². The average Bonchev–Trinajstić information content (AvgIpc) is 2.61. The molecular weight excluding hydrogens is 152 g/mol. The quantitative estimate of drug-likeness (QED) is 0.687. The van der Waals surface area contributed by atoms with Crippen LogP contribution in [0.1, 0.15) is 29.6 Å². The third-order valence-corrected chi connectivity index (χ3v) is 2.46. The van der Waals surface area contributed by atoms with E-state index in [-0.39, 0.29) is 0 Å². The molecule has 1 aromatic heterocycles. The predicted molar refractivity (Wildman–Crippen MR) is 46.2 cm³/mol. The van der Waals surface area contributed by atoms with E-state index < -0.39 is 0 Å². The van der Waals surface area contributed by atoms with Crippen LogP contribution in [0.5, 0.6) is 0 Å².